The summed E-state index contributed by atoms with van der Waals surface area (Å²) in [7, 11) is -3.40. The molecule has 0 unspecified atom stereocenters. The maximum absolute atomic E-state index is 12.5. The standard InChI is InChI=1S/C17H29N3O3S/c1-15(2)14-23-12-6-9-18-17-8-7-16(13-19-17)24(21,22)20-10-4-3-5-11-20/h7-8,13,15H,3-6,9-12,14H2,1-2H3,(H,18,19). The number of ether oxygens (including phenoxy) is 1. The van der Waals surface area contributed by atoms with Crippen LogP contribution in [-0.2, 0) is 14.8 Å². The highest BCUT2D eigenvalue weighted by molar-refractivity contribution is 7.89. The number of piperidine rings is 1. The number of anilines is 1. The van der Waals surface area contributed by atoms with Gasteiger partial charge in [-0.05, 0) is 37.3 Å². The van der Waals surface area contributed by atoms with E-state index >= 15 is 0 Å². The second-order valence-electron chi connectivity index (χ2n) is 6.59. The van der Waals surface area contributed by atoms with Crippen LogP contribution in [0.25, 0.3) is 0 Å². The Balaban J connectivity index is 1.80. The number of aromatic nitrogens is 1. The molecule has 1 fully saturated rings. The number of hydrogen-bond donors (Lipinski definition) is 1. The van der Waals surface area contributed by atoms with E-state index in [1.165, 1.54) is 6.20 Å². The highest BCUT2D eigenvalue weighted by Crippen LogP contribution is 2.20. The average molecular weight is 356 g/mol. The molecule has 1 saturated heterocycles. The van der Waals surface area contributed by atoms with E-state index in [1.54, 1.807) is 16.4 Å². The summed E-state index contributed by atoms with van der Waals surface area (Å²) in [6.45, 7) is 7.72. The SMILES string of the molecule is CC(C)COCCCNc1ccc(S(=O)(=O)N2CCCCC2)cn1. The first-order valence-corrected chi connectivity index (χ1v) is 10.2. The maximum Gasteiger partial charge on any atom is 0.244 e. The highest BCUT2D eigenvalue weighted by atomic mass is 32.2. The Hall–Kier alpha value is -1.18. The van der Waals surface area contributed by atoms with Crippen LogP contribution in [0.15, 0.2) is 23.2 Å². The molecule has 2 rings (SSSR count). The number of nitrogens with one attached hydrogen (secondary N) is 1. The highest BCUT2D eigenvalue weighted by Gasteiger charge is 2.25. The van der Waals surface area contributed by atoms with Gasteiger partial charge in [0.1, 0.15) is 10.7 Å². The largest absolute Gasteiger partial charge is 0.381 e. The number of sulfonamides is 1. The van der Waals surface area contributed by atoms with Crippen molar-refractivity contribution < 1.29 is 13.2 Å². The zero-order chi connectivity index (χ0) is 17.4. The first-order valence-electron chi connectivity index (χ1n) is 8.78. The van der Waals surface area contributed by atoms with Crippen molar-refractivity contribution in [1.82, 2.24) is 9.29 Å². The van der Waals surface area contributed by atoms with Crippen LogP contribution in [-0.4, -0.2) is 50.6 Å². The Morgan fingerprint density at radius 3 is 2.62 bits per heavy atom. The van der Waals surface area contributed by atoms with E-state index in [2.05, 4.69) is 24.1 Å². The molecule has 0 spiro atoms. The molecule has 0 radical (unpaired) electrons. The molecule has 0 amide bonds. The zero-order valence-electron chi connectivity index (χ0n) is 14.7. The Kier molecular flexibility index (Phi) is 7.45. The van der Waals surface area contributed by atoms with Crippen LogP contribution < -0.4 is 5.32 Å². The monoisotopic (exact) mass is 355 g/mol. The fourth-order valence-electron chi connectivity index (χ4n) is 2.60. The Morgan fingerprint density at radius 1 is 1.25 bits per heavy atom. The smallest absolute Gasteiger partial charge is 0.244 e. The molecule has 1 aliphatic rings. The van der Waals surface area contributed by atoms with Crippen LogP contribution >= 0.6 is 0 Å². The number of rotatable bonds is 9. The Bertz CT molecular complexity index is 582. The Morgan fingerprint density at radius 2 is 2.00 bits per heavy atom. The minimum absolute atomic E-state index is 0.273. The van der Waals surface area contributed by atoms with Crippen LogP contribution in [0.3, 0.4) is 0 Å². The third-order valence-corrected chi connectivity index (χ3v) is 5.79. The predicted molar refractivity (Wildman–Crippen MR) is 95.6 cm³/mol. The molecule has 0 atom stereocenters. The van der Waals surface area contributed by atoms with Crippen molar-refractivity contribution >= 4 is 15.8 Å². The first-order chi connectivity index (χ1) is 11.5. The molecule has 6 nitrogen and oxygen atoms in total. The van der Waals surface area contributed by atoms with Gasteiger partial charge in [-0.2, -0.15) is 4.31 Å². The molecule has 0 saturated carbocycles. The van der Waals surface area contributed by atoms with Gasteiger partial charge in [0.25, 0.3) is 0 Å². The van der Waals surface area contributed by atoms with Crippen molar-refractivity contribution in [3.05, 3.63) is 18.3 Å². The summed E-state index contributed by atoms with van der Waals surface area (Å²) >= 11 is 0. The fraction of sp³-hybridized carbons (Fsp3) is 0.706. The quantitative estimate of drug-likeness (QED) is 0.690. The van der Waals surface area contributed by atoms with Crippen LogP contribution in [0.1, 0.15) is 39.5 Å². The van der Waals surface area contributed by atoms with Gasteiger partial charge in [0, 0.05) is 39.0 Å². The van der Waals surface area contributed by atoms with Crippen molar-refractivity contribution in [2.75, 3.05) is 38.2 Å². The van der Waals surface area contributed by atoms with Crippen LogP contribution in [0, 0.1) is 5.92 Å². The molecule has 1 aromatic rings. The lowest BCUT2D eigenvalue weighted by atomic mass is 10.2. The third-order valence-electron chi connectivity index (χ3n) is 3.91. The number of nitrogens with zero attached hydrogens (tertiary/aromatic N) is 2. The van der Waals surface area contributed by atoms with Gasteiger partial charge in [-0.3, -0.25) is 0 Å². The third kappa shape index (κ3) is 5.72. The van der Waals surface area contributed by atoms with Crippen molar-refractivity contribution in [2.24, 2.45) is 5.92 Å². The fourth-order valence-corrected chi connectivity index (χ4v) is 4.06. The van der Waals surface area contributed by atoms with Gasteiger partial charge in [0.05, 0.1) is 0 Å². The van der Waals surface area contributed by atoms with Crippen molar-refractivity contribution in [1.29, 1.82) is 0 Å². The summed E-state index contributed by atoms with van der Waals surface area (Å²) in [4.78, 5) is 4.50. The van der Waals surface area contributed by atoms with Crippen molar-refractivity contribution in [2.45, 2.75) is 44.4 Å². The summed E-state index contributed by atoms with van der Waals surface area (Å²) in [5.41, 5.74) is 0. The van der Waals surface area contributed by atoms with Gasteiger partial charge >= 0.3 is 0 Å². The van der Waals surface area contributed by atoms with Gasteiger partial charge in [-0.1, -0.05) is 20.3 Å². The second kappa shape index (κ2) is 9.34. The molecule has 24 heavy (non-hydrogen) atoms. The first kappa shape index (κ1) is 19.1. The van der Waals surface area contributed by atoms with E-state index in [9.17, 15) is 8.42 Å². The molecule has 7 heteroatoms. The summed E-state index contributed by atoms with van der Waals surface area (Å²) in [6.07, 6.45) is 5.31. The average Bonchev–Trinajstić information content (AvgIpc) is 2.59. The normalized spacial score (nSPS) is 16.5. The predicted octanol–water partition coefficient (Wildman–Crippen LogP) is 2.73. The lowest BCUT2D eigenvalue weighted by Crippen LogP contribution is -2.35. The minimum atomic E-state index is -3.40. The van der Waals surface area contributed by atoms with Crippen LogP contribution in [0.2, 0.25) is 0 Å². The molecule has 1 aliphatic heterocycles. The lowest BCUT2D eigenvalue weighted by molar-refractivity contribution is 0.110. The molecular weight excluding hydrogens is 326 g/mol. The molecule has 1 N–H and O–H groups in total. The van der Waals surface area contributed by atoms with E-state index in [0.717, 1.165) is 38.8 Å². The van der Waals surface area contributed by atoms with Gasteiger partial charge in [0.2, 0.25) is 10.0 Å². The summed E-state index contributed by atoms with van der Waals surface area (Å²) in [5, 5.41) is 3.19. The van der Waals surface area contributed by atoms with Crippen molar-refractivity contribution in [3.63, 3.8) is 0 Å². The minimum Gasteiger partial charge on any atom is -0.381 e. The lowest BCUT2D eigenvalue weighted by Gasteiger charge is -2.25. The van der Waals surface area contributed by atoms with Crippen LogP contribution in [0.4, 0.5) is 5.82 Å². The van der Waals surface area contributed by atoms with Gasteiger partial charge in [-0.25, -0.2) is 13.4 Å². The molecule has 136 valence electrons. The zero-order valence-corrected chi connectivity index (χ0v) is 15.5. The van der Waals surface area contributed by atoms with E-state index in [-0.39, 0.29) is 4.90 Å². The topological polar surface area (TPSA) is 71.5 Å². The summed E-state index contributed by atoms with van der Waals surface area (Å²) < 4.78 is 32.2. The van der Waals surface area contributed by atoms with Gasteiger partial charge < -0.3 is 10.1 Å². The number of hydrogen-bond acceptors (Lipinski definition) is 5. The van der Waals surface area contributed by atoms with E-state index in [1.807, 2.05) is 0 Å². The van der Waals surface area contributed by atoms with Crippen LogP contribution in [0.5, 0.6) is 0 Å². The molecule has 0 bridgehead atoms. The molecule has 1 aromatic heterocycles. The van der Waals surface area contributed by atoms with E-state index in [0.29, 0.717) is 31.4 Å². The molecule has 0 aromatic carbocycles. The van der Waals surface area contributed by atoms with Crippen molar-refractivity contribution in [3.8, 4) is 0 Å². The van der Waals surface area contributed by atoms with Gasteiger partial charge in [-0.15, -0.1) is 0 Å². The number of pyridine rings is 1. The molecular formula is C17H29N3O3S. The summed E-state index contributed by atoms with van der Waals surface area (Å²) in [6, 6.07) is 3.36. The van der Waals surface area contributed by atoms with E-state index in [4.69, 9.17) is 4.74 Å². The summed E-state index contributed by atoms with van der Waals surface area (Å²) in [5.74, 6) is 1.24. The molecule has 2 heterocycles. The Labute approximate surface area is 145 Å². The maximum atomic E-state index is 12.5. The molecule has 0 aliphatic carbocycles. The second-order valence-corrected chi connectivity index (χ2v) is 8.53. The van der Waals surface area contributed by atoms with Gasteiger partial charge in [0.15, 0.2) is 0 Å². The van der Waals surface area contributed by atoms with E-state index < -0.39 is 10.0 Å².